The molecule has 0 saturated carbocycles. The van der Waals surface area contributed by atoms with E-state index in [-0.39, 0.29) is 11.9 Å². The zero-order valence-electron chi connectivity index (χ0n) is 11.9. The molecule has 108 valence electrons. The molecular weight excluding hydrogens is 266 g/mol. The van der Waals surface area contributed by atoms with E-state index in [4.69, 9.17) is 15.9 Å². The summed E-state index contributed by atoms with van der Waals surface area (Å²) in [6.07, 6.45) is 0. The number of aliphatic imine (C=N–C) groups is 2. The number of para-hydroxylation sites is 1. The maximum absolute atomic E-state index is 6.09. The van der Waals surface area contributed by atoms with Crippen LogP contribution in [0.25, 0.3) is 0 Å². The molecule has 0 radical (unpaired) electrons. The van der Waals surface area contributed by atoms with Crippen LogP contribution >= 0.6 is 0 Å². The SMILES string of the molecule is Cc1ccc([C@]2(C)N=C(N)N=C(N)N2c2ccccc2)o1. The van der Waals surface area contributed by atoms with E-state index in [9.17, 15) is 0 Å². The van der Waals surface area contributed by atoms with Gasteiger partial charge in [-0.05, 0) is 38.1 Å². The second-order valence-corrected chi connectivity index (χ2v) is 5.04. The normalized spacial score (nSPS) is 21.9. The van der Waals surface area contributed by atoms with Gasteiger partial charge in [0.15, 0.2) is 11.4 Å². The number of nitrogens with two attached hydrogens (primary N) is 2. The molecule has 0 saturated heterocycles. The summed E-state index contributed by atoms with van der Waals surface area (Å²) in [5.74, 6) is 1.88. The van der Waals surface area contributed by atoms with E-state index >= 15 is 0 Å². The molecule has 0 aliphatic carbocycles. The third kappa shape index (κ3) is 2.14. The molecule has 0 fully saturated rings. The van der Waals surface area contributed by atoms with Gasteiger partial charge in [0.2, 0.25) is 11.9 Å². The molecule has 21 heavy (non-hydrogen) atoms. The quantitative estimate of drug-likeness (QED) is 0.880. The molecule has 0 spiro atoms. The van der Waals surface area contributed by atoms with E-state index in [1.54, 1.807) is 0 Å². The van der Waals surface area contributed by atoms with Crippen molar-refractivity contribution in [2.24, 2.45) is 21.5 Å². The first-order valence-corrected chi connectivity index (χ1v) is 6.62. The molecule has 1 aliphatic heterocycles. The molecule has 6 nitrogen and oxygen atoms in total. The largest absolute Gasteiger partial charge is 0.462 e. The number of aryl methyl sites for hydroxylation is 1. The number of furan rings is 1. The molecule has 3 rings (SSSR count). The highest BCUT2D eigenvalue weighted by Crippen LogP contribution is 2.36. The van der Waals surface area contributed by atoms with E-state index in [0.29, 0.717) is 5.76 Å². The lowest BCUT2D eigenvalue weighted by molar-refractivity contribution is 0.366. The highest BCUT2D eigenvalue weighted by atomic mass is 16.3. The van der Waals surface area contributed by atoms with Crippen molar-refractivity contribution >= 4 is 17.6 Å². The second kappa shape index (κ2) is 4.66. The van der Waals surface area contributed by atoms with Crippen molar-refractivity contribution in [1.29, 1.82) is 0 Å². The Hall–Kier alpha value is -2.76. The molecule has 1 aromatic carbocycles. The van der Waals surface area contributed by atoms with Crippen molar-refractivity contribution in [1.82, 2.24) is 0 Å². The van der Waals surface area contributed by atoms with Gasteiger partial charge < -0.3 is 15.9 Å². The third-order valence-electron chi connectivity index (χ3n) is 3.45. The number of rotatable bonds is 2. The summed E-state index contributed by atoms with van der Waals surface area (Å²) in [4.78, 5) is 10.3. The average Bonchev–Trinajstić information content (AvgIpc) is 2.86. The summed E-state index contributed by atoms with van der Waals surface area (Å²) in [5, 5.41) is 0. The van der Waals surface area contributed by atoms with Crippen molar-refractivity contribution in [2.45, 2.75) is 19.5 Å². The maximum atomic E-state index is 6.09. The topological polar surface area (TPSA) is 93.1 Å². The maximum Gasteiger partial charge on any atom is 0.221 e. The van der Waals surface area contributed by atoms with Crippen LogP contribution in [-0.4, -0.2) is 11.9 Å². The van der Waals surface area contributed by atoms with Gasteiger partial charge in [0.25, 0.3) is 0 Å². The van der Waals surface area contributed by atoms with Crippen molar-refractivity contribution in [2.75, 3.05) is 4.90 Å². The first-order valence-electron chi connectivity index (χ1n) is 6.62. The Morgan fingerprint density at radius 3 is 2.43 bits per heavy atom. The van der Waals surface area contributed by atoms with Gasteiger partial charge in [-0.15, -0.1) is 0 Å². The summed E-state index contributed by atoms with van der Waals surface area (Å²) in [5.41, 5.74) is 11.9. The summed E-state index contributed by atoms with van der Waals surface area (Å²) < 4.78 is 5.76. The van der Waals surface area contributed by atoms with Gasteiger partial charge in [-0.3, -0.25) is 4.90 Å². The van der Waals surface area contributed by atoms with Crippen LogP contribution < -0.4 is 16.4 Å². The van der Waals surface area contributed by atoms with Gasteiger partial charge in [-0.1, -0.05) is 18.2 Å². The smallest absolute Gasteiger partial charge is 0.221 e. The zero-order chi connectivity index (χ0) is 15.0. The monoisotopic (exact) mass is 283 g/mol. The molecule has 1 aliphatic rings. The van der Waals surface area contributed by atoms with Crippen LogP contribution in [0.1, 0.15) is 18.4 Å². The first-order chi connectivity index (χ1) is 10.0. The Balaban J connectivity index is 2.17. The summed E-state index contributed by atoms with van der Waals surface area (Å²) in [6, 6.07) is 13.4. The molecule has 1 atom stereocenters. The van der Waals surface area contributed by atoms with E-state index in [0.717, 1.165) is 11.4 Å². The fourth-order valence-electron chi connectivity index (χ4n) is 2.50. The number of nitrogens with zero attached hydrogens (tertiary/aromatic N) is 3. The fraction of sp³-hybridized carbons (Fsp3) is 0.200. The van der Waals surface area contributed by atoms with Gasteiger partial charge >= 0.3 is 0 Å². The van der Waals surface area contributed by atoms with Gasteiger partial charge in [0, 0.05) is 5.69 Å². The minimum Gasteiger partial charge on any atom is -0.462 e. The van der Waals surface area contributed by atoms with Crippen LogP contribution in [0, 0.1) is 6.92 Å². The summed E-state index contributed by atoms with van der Waals surface area (Å²) in [6.45, 7) is 3.78. The standard InChI is InChI=1S/C15H17N5O/c1-10-8-9-12(21-10)15(2)19-13(16)18-14(17)20(15)11-6-4-3-5-7-11/h3-9H,1-2H3,(H4,16,17,18,19)/t15-/m1/s1. The number of hydrogen-bond donors (Lipinski definition) is 2. The summed E-state index contributed by atoms with van der Waals surface area (Å²) in [7, 11) is 0. The molecule has 0 unspecified atom stereocenters. The predicted octanol–water partition coefficient (Wildman–Crippen LogP) is 1.91. The van der Waals surface area contributed by atoms with Crippen LogP contribution in [0.2, 0.25) is 0 Å². The van der Waals surface area contributed by atoms with Gasteiger partial charge in [0.05, 0.1) is 0 Å². The van der Waals surface area contributed by atoms with Crippen molar-refractivity contribution in [3.63, 3.8) is 0 Å². The van der Waals surface area contributed by atoms with Gasteiger partial charge in [0.1, 0.15) is 5.76 Å². The van der Waals surface area contributed by atoms with Crippen LogP contribution in [0.5, 0.6) is 0 Å². The Labute approximate surface area is 122 Å². The zero-order valence-corrected chi connectivity index (χ0v) is 11.9. The second-order valence-electron chi connectivity index (χ2n) is 5.04. The highest BCUT2D eigenvalue weighted by molar-refractivity contribution is 6.05. The van der Waals surface area contributed by atoms with Gasteiger partial charge in [-0.2, -0.15) is 4.99 Å². The molecule has 1 aromatic heterocycles. The van der Waals surface area contributed by atoms with E-state index in [1.165, 1.54) is 0 Å². The lowest BCUT2D eigenvalue weighted by Gasteiger charge is -2.39. The molecule has 4 N–H and O–H groups in total. The fourth-order valence-corrected chi connectivity index (χ4v) is 2.50. The lowest BCUT2D eigenvalue weighted by Crippen LogP contribution is -2.54. The molecule has 0 bridgehead atoms. The predicted molar refractivity (Wildman–Crippen MR) is 83.0 cm³/mol. The highest BCUT2D eigenvalue weighted by Gasteiger charge is 2.41. The van der Waals surface area contributed by atoms with Crippen LogP contribution in [0.4, 0.5) is 5.69 Å². The van der Waals surface area contributed by atoms with Crippen LogP contribution in [0.15, 0.2) is 56.9 Å². The molecular formula is C15H17N5O. The minimum absolute atomic E-state index is 0.135. The van der Waals surface area contributed by atoms with Crippen molar-refractivity contribution in [3.05, 3.63) is 54.0 Å². The van der Waals surface area contributed by atoms with E-state index in [1.807, 2.05) is 61.2 Å². The van der Waals surface area contributed by atoms with Crippen LogP contribution in [-0.2, 0) is 5.66 Å². The molecule has 6 heteroatoms. The van der Waals surface area contributed by atoms with Crippen molar-refractivity contribution in [3.8, 4) is 0 Å². The lowest BCUT2D eigenvalue weighted by atomic mass is 10.1. The number of hydrogen-bond acceptors (Lipinski definition) is 6. The van der Waals surface area contributed by atoms with Gasteiger partial charge in [-0.25, -0.2) is 4.99 Å². The first kappa shape index (κ1) is 13.2. The van der Waals surface area contributed by atoms with Crippen LogP contribution in [0.3, 0.4) is 0 Å². The van der Waals surface area contributed by atoms with E-state index < -0.39 is 5.66 Å². The Bertz CT molecular complexity index is 719. The number of guanidine groups is 2. The molecule has 2 aromatic rings. The molecule has 0 amide bonds. The Kier molecular flexibility index (Phi) is 2.94. The number of anilines is 1. The average molecular weight is 283 g/mol. The Morgan fingerprint density at radius 2 is 1.81 bits per heavy atom. The third-order valence-corrected chi connectivity index (χ3v) is 3.45. The number of benzene rings is 1. The Morgan fingerprint density at radius 1 is 1.10 bits per heavy atom. The molecule has 2 heterocycles. The van der Waals surface area contributed by atoms with E-state index in [2.05, 4.69) is 9.98 Å². The minimum atomic E-state index is -0.870. The summed E-state index contributed by atoms with van der Waals surface area (Å²) >= 11 is 0. The van der Waals surface area contributed by atoms with Crippen molar-refractivity contribution < 1.29 is 4.42 Å².